The highest BCUT2D eigenvalue weighted by Crippen LogP contribution is 2.30. The van der Waals surface area contributed by atoms with Crippen molar-refractivity contribution in [3.05, 3.63) is 45.7 Å². The summed E-state index contributed by atoms with van der Waals surface area (Å²) in [6.07, 6.45) is 3.50. The SMILES string of the molecule is CN(Cc1sc(N(C)C)nc1Cl)C[C@H]1CCCN(CCc2ccc(F)cc2)C1. The van der Waals surface area contributed by atoms with E-state index in [1.165, 1.54) is 18.4 Å². The summed E-state index contributed by atoms with van der Waals surface area (Å²) < 4.78 is 13.0. The summed E-state index contributed by atoms with van der Waals surface area (Å²) in [5.41, 5.74) is 1.21. The molecule has 4 nitrogen and oxygen atoms in total. The number of anilines is 1. The van der Waals surface area contributed by atoms with Crippen LogP contribution in [0.25, 0.3) is 0 Å². The van der Waals surface area contributed by atoms with E-state index in [0.29, 0.717) is 11.1 Å². The zero-order valence-corrected chi connectivity index (χ0v) is 18.6. The molecule has 0 amide bonds. The number of benzene rings is 1. The second-order valence-corrected chi connectivity index (χ2v) is 9.41. The maximum Gasteiger partial charge on any atom is 0.186 e. The Morgan fingerprint density at radius 1 is 1.25 bits per heavy atom. The number of hydrogen-bond donors (Lipinski definition) is 0. The van der Waals surface area contributed by atoms with Crippen molar-refractivity contribution in [2.75, 3.05) is 52.2 Å². The smallest absolute Gasteiger partial charge is 0.186 e. The van der Waals surface area contributed by atoms with Gasteiger partial charge in [-0.15, -0.1) is 0 Å². The van der Waals surface area contributed by atoms with Crippen molar-refractivity contribution in [2.45, 2.75) is 25.8 Å². The zero-order chi connectivity index (χ0) is 20.1. The van der Waals surface area contributed by atoms with E-state index < -0.39 is 0 Å². The molecule has 2 heterocycles. The number of aromatic nitrogens is 1. The van der Waals surface area contributed by atoms with Gasteiger partial charge in [-0.05, 0) is 56.5 Å². The second kappa shape index (κ2) is 10.0. The van der Waals surface area contributed by atoms with Crippen LogP contribution in [0.2, 0.25) is 5.15 Å². The number of likely N-dealkylation sites (tertiary alicyclic amines) is 1. The molecule has 0 N–H and O–H groups in total. The molecule has 28 heavy (non-hydrogen) atoms. The van der Waals surface area contributed by atoms with Gasteiger partial charge in [0.05, 0.1) is 4.88 Å². The first-order valence-corrected chi connectivity index (χ1v) is 11.1. The number of piperidine rings is 1. The molecule has 1 aliphatic heterocycles. The lowest BCUT2D eigenvalue weighted by atomic mass is 9.97. The standard InChI is InChI=1S/C21H30ClFN4S/c1-25(2)21-24-20(22)19(28-21)15-26(3)13-17-5-4-11-27(14-17)12-10-16-6-8-18(23)9-7-16/h6-9,17H,4-5,10-15H2,1-3H3/t17-/m1/s1. The number of hydrogen-bond acceptors (Lipinski definition) is 5. The average Bonchev–Trinajstić information content (AvgIpc) is 3.02. The van der Waals surface area contributed by atoms with Crippen molar-refractivity contribution >= 4 is 28.1 Å². The van der Waals surface area contributed by atoms with E-state index in [-0.39, 0.29) is 5.82 Å². The predicted molar refractivity (Wildman–Crippen MR) is 117 cm³/mol. The number of nitrogens with zero attached hydrogens (tertiary/aromatic N) is 4. The first kappa shape index (κ1) is 21.5. The first-order valence-electron chi connectivity index (χ1n) is 9.88. The van der Waals surface area contributed by atoms with Crippen molar-refractivity contribution in [2.24, 2.45) is 5.92 Å². The van der Waals surface area contributed by atoms with Gasteiger partial charge in [0, 0.05) is 40.3 Å². The van der Waals surface area contributed by atoms with Crippen molar-refractivity contribution in [3.8, 4) is 0 Å². The van der Waals surface area contributed by atoms with E-state index in [0.717, 1.165) is 49.2 Å². The third-order valence-electron chi connectivity index (χ3n) is 5.24. The Morgan fingerprint density at radius 3 is 2.68 bits per heavy atom. The Morgan fingerprint density at radius 2 is 2.00 bits per heavy atom. The highest BCUT2D eigenvalue weighted by atomic mass is 35.5. The molecule has 2 aromatic rings. The van der Waals surface area contributed by atoms with E-state index in [2.05, 4.69) is 21.8 Å². The van der Waals surface area contributed by atoms with Gasteiger partial charge in [0.2, 0.25) is 0 Å². The highest BCUT2D eigenvalue weighted by molar-refractivity contribution is 7.16. The van der Waals surface area contributed by atoms with E-state index in [1.54, 1.807) is 23.5 Å². The molecule has 0 bridgehead atoms. The largest absolute Gasteiger partial charge is 0.354 e. The average molecular weight is 425 g/mol. The fraction of sp³-hybridized carbons (Fsp3) is 0.571. The Balaban J connectivity index is 1.46. The van der Waals surface area contributed by atoms with E-state index >= 15 is 0 Å². The summed E-state index contributed by atoms with van der Waals surface area (Å²) in [5.74, 6) is 0.510. The molecule has 0 saturated carbocycles. The summed E-state index contributed by atoms with van der Waals surface area (Å²) >= 11 is 7.99. The van der Waals surface area contributed by atoms with E-state index in [1.807, 2.05) is 31.1 Å². The van der Waals surface area contributed by atoms with Gasteiger partial charge in [-0.25, -0.2) is 9.37 Å². The Hall–Kier alpha value is -1.21. The van der Waals surface area contributed by atoms with Crippen LogP contribution in [0.1, 0.15) is 23.3 Å². The maximum atomic E-state index is 13.0. The lowest BCUT2D eigenvalue weighted by Crippen LogP contribution is -2.40. The molecule has 1 fully saturated rings. The number of rotatable bonds is 8. The van der Waals surface area contributed by atoms with Crippen LogP contribution in [0.5, 0.6) is 0 Å². The van der Waals surface area contributed by atoms with E-state index in [4.69, 9.17) is 11.6 Å². The minimum atomic E-state index is -0.163. The van der Waals surface area contributed by atoms with Gasteiger partial charge in [0.15, 0.2) is 5.13 Å². The van der Waals surface area contributed by atoms with E-state index in [9.17, 15) is 4.39 Å². The molecule has 1 aliphatic rings. The summed E-state index contributed by atoms with van der Waals surface area (Å²) in [6.45, 7) is 5.24. The maximum absolute atomic E-state index is 13.0. The minimum absolute atomic E-state index is 0.163. The predicted octanol–water partition coefficient (Wildman–Crippen LogP) is 4.39. The van der Waals surface area contributed by atoms with Crippen molar-refractivity contribution in [3.63, 3.8) is 0 Å². The van der Waals surface area contributed by atoms with Crippen molar-refractivity contribution in [1.29, 1.82) is 0 Å². The van der Waals surface area contributed by atoms with Gasteiger partial charge < -0.3 is 14.7 Å². The molecule has 7 heteroatoms. The Bertz CT molecular complexity index is 749. The zero-order valence-electron chi connectivity index (χ0n) is 17.0. The first-order chi connectivity index (χ1) is 13.4. The molecular formula is C21H30ClFN4S. The number of thiazole rings is 1. The topological polar surface area (TPSA) is 22.6 Å². The molecule has 154 valence electrons. The van der Waals surface area contributed by atoms with Crippen molar-refractivity contribution < 1.29 is 4.39 Å². The molecule has 3 rings (SSSR count). The van der Waals surface area contributed by atoms with Crippen LogP contribution in [0.4, 0.5) is 9.52 Å². The lowest BCUT2D eigenvalue weighted by molar-refractivity contribution is 0.142. The van der Waals surface area contributed by atoms with Crippen molar-refractivity contribution in [1.82, 2.24) is 14.8 Å². The summed E-state index contributed by atoms with van der Waals surface area (Å²) in [6, 6.07) is 6.89. The van der Waals surface area contributed by atoms with Gasteiger partial charge in [0.1, 0.15) is 11.0 Å². The van der Waals surface area contributed by atoms with Crippen LogP contribution in [-0.4, -0.2) is 62.1 Å². The summed E-state index contributed by atoms with van der Waals surface area (Å²) in [5, 5.41) is 1.59. The quantitative estimate of drug-likeness (QED) is 0.626. The minimum Gasteiger partial charge on any atom is -0.354 e. The third-order valence-corrected chi connectivity index (χ3v) is 6.87. The molecular weight excluding hydrogens is 395 g/mol. The fourth-order valence-corrected chi connectivity index (χ4v) is 5.06. The monoisotopic (exact) mass is 424 g/mol. The second-order valence-electron chi connectivity index (χ2n) is 7.99. The molecule has 1 aromatic heterocycles. The van der Waals surface area contributed by atoms with Gasteiger partial charge in [-0.1, -0.05) is 35.1 Å². The van der Waals surface area contributed by atoms with Gasteiger partial charge in [-0.3, -0.25) is 0 Å². The third kappa shape index (κ3) is 6.14. The van der Waals surface area contributed by atoms with Crippen LogP contribution >= 0.6 is 22.9 Å². The fourth-order valence-electron chi connectivity index (χ4n) is 3.80. The number of halogens is 2. The summed E-state index contributed by atoms with van der Waals surface area (Å²) in [7, 11) is 6.15. The molecule has 1 aromatic carbocycles. The lowest BCUT2D eigenvalue weighted by Gasteiger charge is -2.34. The molecule has 0 unspecified atom stereocenters. The highest BCUT2D eigenvalue weighted by Gasteiger charge is 2.22. The summed E-state index contributed by atoms with van der Waals surface area (Å²) in [4.78, 5) is 12.5. The molecule has 0 aliphatic carbocycles. The molecule has 0 spiro atoms. The van der Waals surface area contributed by atoms with Gasteiger partial charge in [0.25, 0.3) is 0 Å². The van der Waals surface area contributed by atoms with Crippen LogP contribution in [0.15, 0.2) is 24.3 Å². The van der Waals surface area contributed by atoms with Crippen LogP contribution in [0, 0.1) is 11.7 Å². The van der Waals surface area contributed by atoms with Gasteiger partial charge in [-0.2, -0.15) is 0 Å². The molecule has 0 radical (unpaired) electrons. The van der Waals surface area contributed by atoms with Gasteiger partial charge >= 0.3 is 0 Å². The van der Waals surface area contributed by atoms with Crippen LogP contribution < -0.4 is 4.90 Å². The normalized spacial score (nSPS) is 18.0. The molecule has 1 atom stereocenters. The molecule has 1 saturated heterocycles. The Labute approximate surface area is 176 Å². The van der Waals surface area contributed by atoms with Crippen LogP contribution in [0.3, 0.4) is 0 Å². The van der Waals surface area contributed by atoms with Crippen LogP contribution in [-0.2, 0) is 13.0 Å². The Kier molecular flexibility index (Phi) is 7.69.